The van der Waals surface area contributed by atoms with E-state index in [0.717, 1.165) is 28.7 Å². The monoisotopic (exact) mass is 439 g/mol. The maximum Gasteiger partial charge on any atom is 0.277 e. The largest absolute Gasteiger partial charge is 0.411 e. The number of rotatable bonds is 7. The zero-order valence-electron chi connectivity index (χ0n) is 16.9. The van der Waals surface area contributed by atoms with E-state index in [1.165, 1.54) is 24.3 Å². The van der Waals surface area contributed by atoms with Gasteiger partial charge in [0.1, 0.15) is 11.6 Å². The van der Waals surface area contributed by atoms with Crippen molar-refractivity contribution >= 4 is 17.5 Å². The van der Waals surface area contributed by atoms with Crippen molar-refractivity contribution < 1.29 is 18.0 Å². The van der Waals surface area contributed by atoms with Crippen molar-refractivity contribution in [2.75, 3.05) is 5.75 Å². The van der Waals surface area contributed by atoms with Gasteiger partial charge in [-0.2, -0.15) is 0 Å². The number of hydrogen-bond donors (Lipinski definition) is 0. The minimum Gasteiger partial charge on any atom is -0.411 e. The minimum atomic E-state index is -0.347. The molecule has 0 fully saturated rings. The molecule has 2 heterocycles. The van der Waals surface area contributed by atoms with Gasteiger partial charge in [0.15, 0.2) is 5.78 Å². The number of halogens is 2. The molecular weight excluding hydrogens is 420 g/mol. The Bertz CT molecular complexity index is 1210. The van der Waals surface area contributed by atoms with Gasteiger partial charge in [0.2, 0.25) is 5.89 Å². The van der Waals surface area contributed by atoms with Crippen LogP contribution in [0.15, 0.2) is 64.2 Å². The average molecular weight is 439 g/mol. The van der Waals surface area contributed by atoms with E-state index in [2.05, 4.69) is 10.2 Å². The molecule has 158 valence electrons. The summed E-state index contributed by atoms with van der Waals surface area (Å²) in [5.41, 5.74) is 3.99. The highest BCUT2D eigenvalue weighted by atomic mass is 32.2. The lowest BCUT2D eigenvalue weighted by atomic mass is 10.2. The van der Waals surface area contributed by atoms with Crippen LogP contribution in [0.1, 0.15) is 27.3 Å². The van der Waals surface area contributed by atoms with E-state index in [-0.39, 0.29) is 34.3 Å². The summed E-state index contributed by atoms with van der Waals surface area (Å²) in [4.78, 5) is 12.8. The molecule has 4 rings (SSSR count). The van der Waals surface area contributed by atoms with Gasteiger partial charge in [0.25, 0.3) is 5.22 Å². The smallest absolute Gasteiger partial charge is 0.277 e. The number of nitrogens with zero attached hydrogens (tertiary/aromatic N) is 3. The van der Waals surface area contributed by atoms with Gasteiger partial charge >= 0.3 is 0 Å². The van der Waals surface area contributed by atoms with Gasteiger partial charge in [0, 0.05) is 29.1 Å². The molecule has 0 aliphatic heterocycles. The number of benzene rings is 2. The van der Waals surface area contributed by atoms with E-state index in [0.29, 0.717) is 17.7 Å². The molecule has 31 heavy (non-hydrogen) atoms. The number of carbonyl (C=O) groups excluding carboxylic acids is 1. The maximum atomic E-state index is 13.1. The van der Waals surface area contributed by atoms with E-state index >= 15 is 0 Å². The quantitative estimate of drug-likeness (QED) is 0.283. The minimum absolute atomic E-state index is 0.0509. The Morgan fingerprint density at radius 1 is 1.00 bits per heavy atom. The molecule has 0 N–H and O–H groups in total. The number of thioether (sulfide) groups is 1. The van der Waals surface area contributed by atoms with Crippen molar-refractivity contribution in [3.05, 3.63) is 88.7 Å². The van der Waals surface area contributed by atoms with Crippen molar-refractivity contribution in [1.29, 1.82) is 0 Å². The fraction of sp³-hybridized carbons (Fsp3) is 0.174. The summed E-state index contributed by atoms with van der Waals surface area (Å²) < 4.78 is 33.8. The molecule has 8 heteroatoms. The van der Waals surface area contributed by atoms with E-state index in [4.69, 9.17) is 4.42 Å². The lowest BCUT2D eigenvalue weighted by Gasteiger charge is -2.10. The Kier molecular flexibility index (Phi) is 5.99. The zero-order chi connectivity index (χ0) is 22.0. The van der Waals surface area contributed by atoms with Gasteiger partial charge in [-0.25, -0.2) is 8.78 Å². The summed E-state index contributed by atoms with van der Waals surface area (Å²) in [6, 6.07) is 13.9. The third kappa shape index (κ3) is 4.74. The van der Waals surface area contributed by atoms with Crippen LogP contribution in [0.4, 0.5) is 8.78 Å². The van der Waals surface area contributed by atoms with E-state index in [1.807, 2.05) is 24.5 Å². The predicted molar refractivity (Wildman–Crippen MR) is 114 cm³/mol. The van der Waals surface area contributed by atoms with Gasteiger partial charge in [-0.15, -0.1) is 10.2 Å². The second-order valence-corrected chi connectivity index (χ2v) is 8.02. The summed E-state index contributed by atoms with van der Waals surface area (Å²) in [5, 5.41) is 8.18. The summed E-state index contributed by atoms with van der Waals surface area (Å²) in [6.07, 6.45) is 0. The molecular formula is C23H19F2N3O2S. The molecule has 5 nitrogen and oxygen atoms in total. The molecule has 0 aliphatic carbocycles. The highest BCUT2D eigenvalue weighted by molar-refractivity contribution is 7.99. The fourth-order valence-electron chi connectivity index (χ4n) is 3.28. The van der Waals surface area contributed by atoms with Crippen LogP contribution >= 0.6 is 11.8 Å². The number of aryl methyl sites for hydroxylation is 1. The molecule has 0 spiro atoms. The Morgan fingerprint density at radius 2 is 1.65 bits per heavy atom. The molecule has 0 saturated carbocycles. The standard InChI is InChI=1S/C23H19F2N3O2S/c1-14-11-20(15(2)28(14)12-16-3-7-18(24)8-4-16)21(29)13-31-23-27-26-22(30-23)17-5-9-19(25)10-6-17/h3-11H,12-13H2,1-2H3. The first-order chi connectivity index (χ1) is 14.9. The molecule has 0 atom stereocenters. The van der Waals surface area contributed by atoms with Crippen LogP contribution in [-0.2, 0) is 6.54 Å². The van der Waals surface area contributed by atoms with Gasteiger partial charge in [-0.1, -0.05) is 23.9 Å². The molecule has 0 saturated heterocycles. The summed E-state index contributed by atoms with van der Waals surface area (Å²) in [5.74, 6) is -0.259. The second-order valence-electron chi connectivity index (χ2n) is 7.09. The normalized spacial score (nSPS) is 11.1. The SMILES string of the molecule is Cc1cc(C(=O)CSc2nnc(-c3ccc(F)cc3)o2)c(C)n1Cc1ccc(F)cc1. The Labute approximate surface area is 182 Å². The molecule has 4 aromatic rings. The Balaban J connectivity index is 1.43. The van der Waals surface area contributed by atoms with Gasteiger partial charge in [0.05, 0.1) is 5.75 Å². The average Bonchev–Trinajstić information content (AvgIpc) is 3.34. The van der Waals surface area contributed by atoms with Crippen LogP contribution in [0.3, 0.4) is 0 Å². The fourth-order valence-corrected chi connectivity index (χ4v) is 3.93. The van der Waals surface area contributed by atoms with Crippen molar-refractivity contribution in [2.45, 2.75) is 25.6 Å². The second kappa shape index (κ2) is 8.85. The van der Waals surface area contributed by atoms with Crippen molar-refractivity contribution in [3.8, 4) is 11.5 Å². The Morgan fingerprint density at radius 3 is 2.32 bits per heavy atom. The van der Waals surface area contributed by atoms with E-state index in [1.54, 1.807) is 24.3 Å². The highest BCUT2D eigenvalue weighted by Crippen LogP contribution is 2.25. The van der Waals surface area contributed by atoms with Gasteiger partial charge in [-0.3, -0.25) is 4.79 Å². The van der Waals surface area contributed by atoms with Crippen LogP contribution in [-0.4, -0.2) is 26.3 Å². The first kappa shape index (κ1) is 21.0. The predicted octanol–water partition coefficient (Wildman–Crippen LogP) is 5.46. The van der Waals surface area contributed by atoms with Crippen molar-refractivity contribution in [1.82, 2.24) is 14.8 Å². The topological polar surface area (TPSA) is 60.9 Å². The lowest BCUT2D eigenvalue weighted by Crippen LogP contribution is -2.07. The number of hydrogen-bond acceptors (Lipinski definition) is 5. The molecule has 0 unspecified atom stereocenters. The number of carbonyl (C=O) groups is 1. The molecule has 0 amide bonds. The summed E-state index contributed by atoms with van der Waals surface area (Å²) in [6.45, 7) is 4.39. The first-order valence-electron chi connectivity index (χ1n) is 9.57. The molecule has 2 aromatic carbocycles. The number of aromatic nitrogens is 3. The third-order valence-corrected chi connectivity index (χ3v) is 5.77. The van der Waals surface area contributed by atoms with E-state index < -0.39 is 0 Å². The lowest BCUT2D eigenvalue weighted by molar-refractivity contribution is 0.102. The number of Topliss-reactive ketones (excluding diaryl/α,β-unsaturated/α-hetero) is 1. The third-order valence-electron chi connectivity index (χ3n) is 4.95. The molecule has 2 aromatic heterocycles. The van der Waals surface area contributed by atoms with Gasteiger partial charge in [-0.05, 0) is 61.9 Å². The van der Waals surface area contributed by atoms with Crippen molar-refractivity contribution in [3.63, 3.8) is 0 Å². The molecule has 0 radical (unpaired) electrons. The highest BCUT2D eigenvalue weighted by Gasteiger charge is 2.18. The molecule has 0 aliphatic rings. The van der Waals surface area contributed by atoms with Crippen LogP contribution in [0.2, 0.25) is 0 Å². The van der Waals surface area contributed by atoms with Crippen molar-refractivity contribution in [2.24, 2.45) is 0 Å². The first-order valence-corrected chi connectivity index (χ1v) is 10.6. The number of ketones is 1. The van der Waals surface area contributed by atoms with Crippen LogP contribution in [0, 0.1) is 25.5 Å². The summed E-state index contributed by atoms with van der Waals surface area (Å²) >= 11 is 1.16. The van der Waals surface area contributed by atoms with E-state index in [9.17, 15) is 13.6 Å². The maximum absolute atomic E-state index is 13.1. The van der Waals surface area contributed by atoms with Crippen LogP contribution < -0.4 is 0 Å². The zero-order valence-corrected chi connectivity index (χ0v) is 17.7. The Hall–Kier alpha value is -3.26. The summed E-state index contributed by atoms with van der Waals surface area (Å²) in [7, 11) is 0. The van der Waals surface area contributed by atoms with Crippen LogP contribution in [0.25, 0.3) is 11.5 Å². The van der Waals surface area contributed by atoms with Crippen LogP contribution in [0.5, 0.6) is 0 Å². The molecule has 0 bridgehead atoms. The van der Waals surface area contributed by atoms with Gasteiger partial charge < -0.3 is 8.98 Å².